The van der Waals surface area contributed by atoms with E-state index in [0.717, 1.165) is 18.4 Å². The summed E-state index contributed by atoms with van der Waals surface area (Å²) in [4.78, 5) is 26.1. The molecule has 0 bridgehead atoms. The molecule has 1 aromatic rings. The van der Waals surface area contributed by atoms with E-state index in [-0.39, 0.29) is 18.4 Å². The third-order valence-corrected chi connectivity index (χ3v) is 4.76. The largest absolute Gasteiger partial charge is 0.355 e. The van der Waals surface area contributed by atoms with Gasteiger partial charge >= 0.3 is 0 Å². The van der Waals surface area contributed by atoms with Crippen LogP contribution in [-0.4, -0.2) is 34.1 Å². The minimum atomic E-state index is -0.214. The van der Waals surface area contributed by atoms with E-state index in [4.69, 9.17) is 12.2 Å². The molecule has 0 atom stereocenters. The molecule has 1 aromatic carbocycles. The van der Waals surface area contributed by atoms with Gasteiger partial charge in [0.1, 0.15) is 10.9 Å². The molecule has 0 radical (unpaired) electrons. The quantitative estimate of drug-likeness (QED) is 0.460. The Bertz CT molecular complexity index is 669. The molecule has 0 aromatic heterocycles. The highest BCUT2D eigenvalue weighted by molar-refractivity contribution is 8.26. The summed E-state index contributed by atoms with van der Waals surface area (Å²) in [7, 11) is 0. The summed E-state index contributed by atoms with van der Waals surface area (Å²) < 4.78 is 0.421. The van der Waals surface area contributed by atoms with Crippen LogP contribution in [0.1, 0.15) is 25.3 Å². The topological polar surface area (TPSA) is 49.4 Å². The second-order valence-electron chi connectivity index (χ2n) is 5.26. The molecule has 2 amide bonds. The van der Waals surface area contributed by atoms with Crippen molar-refractivity contribution in [3.63, 3.8) is 0 Å². The number of carbonyl (C=O) groups excluding carboxylic acids is 2. The van der Waals surface area contributed by atoms with E-state index >= 15 is 0 Å². The van der Waals surface area contributed by atoms with E-state index in [1.54, 1.807) is 6.08 Å². The molecule has 1 heterocycles. The summed E-state index contributed by atoms with van der Waals surface area (Å²) in [5.41, 5.74) is 1.06. The van der Waals surface area contributed by atoms with Crippen LogP contribution in [0.3, 0.4) is 0 Å². The highest BCUT2D eigenvalue weighted by Crippen LogP contribution is 2.30. The number of amides is 2. The second-order valence-corrected chi connectivity index (χ2v) is 6.94. The minimum Gasteiger partial charge on any atom is -0.355 e. The molecule has 0 saturated carbocycles. The molecule has 126 valence electrons. The Labute approximate surface area is 152 Å². The average Bonchev–Trinajstić information content (AvgIpc) is 2.84. The molecular formula is C18H20N2O2S2. The Hall–Kier alpha value is -1.92. The smallest absolute Gasteiger partial charge is 0.266 e. The maximum Gasteiger partial charge on any atom is 0.266 e. The Kier molecular flexibility index (Phi) is 7.21. The van der Waals surface area contributed by atoms with Crippen molar-refractivity contribution in [1.82, 2.24) is 10.2 Å². The molecule has 0 unspecified atom stereocenters. The maximum atomic E-state index is 12.4. The normalized spacial score (nSPS) is 16.4. The molecule has 0 spiro atoms. The number of hydrogen-bond donors (Lipinski definition) is 1. The monoisotopic (exact) mass is 360 g/mol. The number of nitrogens with zero attached hydrogens (tertiary/aromatic N) is 1. The summed E-state index contributed by atoms with van der Waals surface area (Å²) in [5, 5.41) is 2.80. The lowest BCUT2D eigenvalue weighted by Crippen LogP contribution is -2.39. The fraction of sp³-hybridized carbons (Fsp3) is 0.278. The zero-order valence-electron chi connectivity index (χ0n) is 13.5. The standard InChI is InChI=1S/C18H20N2O2S2/c1-2-3-12-19-16(21)13-20-17(22)15(24-18(20)23)11-7-10-14-8-5-4-6-9-14/h4-11H,2-3,12-13H2,1H3,(H,19,21)/b10-7+,15-11-. The predicted octanol–water partition coefficient (Wildman–Crippen LogP) is 3.36. The van der Waals surface area contributed by atoms with Crippen LogP contribution in [0.15, 0.2) is 47.4 Å². The van der Waals surface area contributed by atoms with Crippen LogP contribution in [0.2, 0.25) is 0 Å². The molecular weight excluding hydrogens is 340 g/mol. The Balaban J connectivity index is 1.94. The number of allylic oxidation sites excluding steroid dienone is 2. The van der Waals surface area contributed by atoms with Crippen molar-refractivity contribution in [2.75, 3.05) is 13.1 Å². The zero-order valence-corrected chi connectivity index (χ0v) is 15.2. The lowest BCUT2D eigenvalue weighted by Gasteiger charge is -2.13. The highest BCUT2D eigenvalue weighted by atomic mass is 32.2. The first-order chi connectivity index (χ1) is 11.6. The van der Waals surface area contributed by atoms with Gasteiger partial charge in [-0.25, -0.2) is 0 Å². The molecule has 1 aliphatic heterocycles. The molecule has 6 heteroatoms. The van der Waals surface area contributed by atoms with E-state index < -0.39 is 0 Å². The number of carbonyl (C=O) groups is 2. The average molecular weight is 361 g/mol. The van der Waals surface area contributed by atoms with Crippen LogP contribution in [0.25, 0.3) is 6.08 Å². The summed E-state index contributed by atoms with van der Waals surface area (Å²) in [6, 6.07) is 9.83. The molecule has 0 aliphatic carbocycles. The van der Waals surface area contributed by atoms with Crippen molar-refractivity contribution in [3.05, 3.63) is 53.0 Å². The third-order valence-electron chi connectivity index (χ3n) is 3.36. The minimum absolute atomic E-state index is 0.0197. The molecule has 1 fully saturated rings. The summed E-state index contributed by atoms with van der Waals surface area (Å²) in [6.07, 6.45) is 7.42. The van der Waals surface area contributed by atoms with Crippen molar-refractivity contribution >= 4 is 46.2 Å². The lowest BCUT2D eigenvalue weighted by atomic mass is 10.2. The van der Waals surface area contributed by atoms with Gasteiger partial charge in [-0.15, -0.1) is 0 Å². The van der Waals surface area contributed by atoms with Crippen LogP contribution < -0.4 is 5.32 Å². The molecule has 1 N–H and O–H groups in total. The predicted molar refractivity (Wildman–Crippen MR) is 103 cm³/mol. The number of thiocarbonyl (C=S) groups is 1. The van der Waals surface area contributed by atoms with Crippen LogP contribution in [0, 0.1) is 0 Å². The fourth-order valence-corrected chi connectivity index (χ4v) is 3.27. The number of rotatable bonds is 7. The van der Waals surface area contributed by atoms with Crippen LogP contribution >= 0.6 is 24.0 Å². The van der Waals surface area contributed by atoms with Gasteiger partial charge in [0.15, 0.2) is 0 Å². The molecule has 4 nitrogen and oxygen atoms in total. The first-order valence-electron chi connectivity index (χ1n) is 7.85. The third kappa shape index (κ3) is 5.32. The maximum absolute atomic E-state index is 12.4. The van der Waals surface area contributed by atoms with Gasteiger partial charge in [-0.3, -0.25) is 14.5 Å². The van der Waals surface area contributed by atoms with Gasteiger partial charge in [0.2, 0.25) is 5.91 Å². The van der Waals surface area contributed by atoms with E-state index in [0.29, 0.717) is 15.8 Å². The zero-order chi connectivity index (χ0) is 17.4. The first kappa shape index (κ1) is 18.4. The van der Waals surface area contributed by atoms with Crippen molar-refractivity contribution in [3.8, 4) is 0 Å². The molecule has 24 heavy (non-hydrogen) atoms. The summed E-state index contributed by atoms with van der Waals surface area (Å²) in [5.74, 6) is -0.394. The van der Waals surface area contributed by atoms with Crippen LogP contribution in [0.4, 0.5) is 0 Å². The van der Waals surface area contributed by atoms with E-state index in [1.807, 2.05) is 42.5 Å². The number of unbranched alkanes of at least 4 members (excludes halogenated alkanes) is 1. The highest BCUT2D eigenvalue weighted by Gasteiger charge is 2.32. The SMILES string of the molecule is CCCCNC(=O)CN1C(=O)/C(=C/C=C/c2ccccc2)SC1=S. The first-order valence-corrected chi connectivity index (χ1v) is 9.08. The van der Waals surface area contributed by atoms with Gasteiger partial charge in [0, 0.05) is 6.54 Å². The van der Waals surface area contributed by atoms with E-state index in [2.05, 4.69) is 12.2 Å². The Morgan fingerprint density at radius 2 is 2.08 bits per heavy atom. The van der Waals surface area contributed by atoms with Gasteiger partial charge < -0.3 is 5.32 Å². The molecule has 2 rings (SSSR count). The van der Waals surface area contributed by atoms with Gasteiger partial charge in [0.05, 0.1) is 4.91 Å². The van der Waals surface area contributed by atoms with Gasteiger partial charge in [-0.05, 0) is 18.1 Å². The number of thioether (sulfide) groups is 1. The van der Waals surface area contributed by atoms with Crippen molar-refractivity contribution in [2.45, 2.75) is 19.8 Å². The summed E-state index contributed by atoms with van der Waals surface area (Å²) >= 11 is 6.44. The summed E-state index contributed by atoms with van der Waals surface area (Å²) in [6.45, 7) is 2.66. The Morgan fingerprint density at radius 3 is 2.79 bits per heavy atom. The molecule has 1 aliphatic rings. The van der Waals surface area contributed by atoms with Crippen molar-refractivity contribution in [2.24, 2.45) is 0 Å². The van der Waals surface area contributed by atoms with Crippen molar-refractivity contribution in [1.29, 1.82) is 0 Å². The van der Waals surface area contributed by atoms with Gasteiger partial charge in [0.25, 0.3) is 5.91 Å². The number of nitrogens with one attached hydrogen (secondary N) is 1. The number of benzene rings is 1. The van der Waals surface area contributed by atoms with Crippen LogP contribution in [-0.2, 0) is 9.59 Å². The fourth-order valence-electron chi connectivity index (χ4n) is 2.07. The van der Waals surface area contributed by atoms with Gasteiger partial charge in [-0.2, -0.15) is 0 Å². The number of hydrogen-bond acceptors (Lipinski definition) is 4. The molecule has 1 saturated heterocycles. The van der Waals surface area contributed by atoms with E-state index in [1.165, 1.54) is 16.7 Å². The second kappa shape index (κ2) is 9.39. The van der Waals surface area contributed by atoms with Crippen LogP contribution in [0.5, 0.6) is 0 Å². The Morgan fingerprint density at radius 1 is 1.33 bits per heavy atom. The van der Waals surface area contributed by atoms with Crippen molar-refractivity contribution < 1.29 is 9.59 Å². The van der Waals surface area contributed by atoms with E-state index in [9.17, 15) is 9.59 Å². The lowest BCUT2D eigenvalue weighted by molar-refractivity contribution is -0.128. The van der Waals surface area contributed by atoms with Gasteiger partial charge in [-0.1, -0.05) is 79.8 Å².